The predicted molar refractivity (Wildman–Crippen MR) is 62.2 cm³/mol. The van der Waals surface area contributed by atoms with Crippen LogP contribution in [-0.2, 0) is 17.9 Å². The molecule has 2 aromatic heterocycles. The maximum absolute atomic E-state index is 4.95. The lowest BCUT2D eigenvalue weighted by Gasteiger charge is -2.00. The molecule has 0 aromatic carbocycles. The summed E-state index contributed by atoms with van der Waals surface area (Å²) in [6.07, 6.45) is 1.77. The first-order chi connectivity index (χ1) is 7.88. The monoisotopic (exact) mass is 236 g/mol. The van der Waals surface area contributed by atoms with E-state index in [0.717, 1.165) is 10.8 Å². The number of anilines is 1. The van der Waals surface area contributed by atoms with Gasteiger partial charge in [0, 0.05) is 24.8 Å². The summed E-state index contributed by atoms with van der Waals surface area (Å²) in [5.74, 6) is 0.705. The predicted octanol–water partition coefficient (Wildman–Crippen LogP) is 1.69. The lowest BCUT2D eigenvalue weighted by atomic mass is 10.3. The van der Waals surface area contributed by atoms with Crippen LogP contribution in [0.2, 0.25) is 0 Å². The number of nitrogens with zero attached hydrogens (tertiary/aromatic N) is 3. The van der Waals surface area contributed by atoms with E-state index in [2.05, 4.69) is 19.7 Å². The van der Waals surface area contributed by atoms with Crippen molar-refractivity contribution in [2.24, 2.45) is 0 Å². The van der Waals surface area contributed by atoms with Gasteiger partial charge in [0.25, 0.3) is 0 Å². The third kappa shape index (κ3) is 2.98. The van der Waals surface area contributed by atoms with Gasteiger partial charge in [0.05, 0.1) is 12.2 Å². The molecule has 0 fully saturated rings. The first-order valence-corrected chi connectivity index (χ1v) is 5.61. The normalized spacial score (nSPS) is 10.3. The van der Waals surface area contributed by atoms with Gasteiger partial charge in [0.2, 0.25) is 5.13 Å². The molecule has 0 bridgehead atoms. The van der Waals surface area contributed by atoms with E-state index < -0.39 is 0 Å². The van der Waals surface area contributed by atoms with Crippen LogP contribution in [0.4, 0.5) is 5.13 Å². The van der Waals surface area contributed by atoms with Crippen molar-refractivity contribution in [3.05, 3.63) is 35.9 Å². The van der Waals surface area contributed by atoms with Gasteiger partial charge in [-0.3, -0.25) is 4.98 Å². The van der Waals surface area contributed by atoms with Gasteiger partial charge in [-0.15, -0.1) is 0 Å². The summed E-state index contributed by atoms with van der Waals surface area (Å²) < 4.78 is 9.09. The van der Waals surface area contributed by atoms with Crippen molar-refractivity contribution in [1.82, 2.24) is 14.3 Å². The Morgan fingerprint density at radius 3 is 3.12 bits per heavy atom. The summed E-state index contributed by atoms with van der Waals surface area (Å²) in [4.78, 5) is 8.46. The summed E-state index contributed by atoms with van der Waals surface area (Å²) in [5.41, 5.74) is 0.978. The summed E-state index contributed by atoms with van der Waals surface area (Å²) in [6.45, 7) is 1.10. The van der Waals surface area contributed by atoms with Gasteiger partial charge in [-0.1, -0.05) is 6.07 Å². The fourth-order valence-corrected chi connectivity index (χ4v) is 1.75. The van der Waals surface area contributed by atoms with Crippen molar-refractivity contribution in [1.29, 1.82) is 0 Å². The molecule has 0 radical (unpaired) electrons. The molecule has 2 aromatic rings. The van der Waals surface area contributed by atoms with E-state index in [-0.39, 0.29) is 0 Å². The van der Waals surface area contributed by atoms with Crippen LogP contribution in [0, 0.1) is 0 Å². The largest absolute Gasteiger partial charge is 0.377 e. The molecule has 5 nitrogen and oxygen atoms in total. The van der Waals surface area contributed by atoms with Crippen LogP contribution in [0.15, 0.2) is 24.4 Å². The lowest BCUT2D eigenvalue weighted by molar-refractivity contribution is 0.179. The fourth-order valence-electron chi connectivity index (χ4n) is 1.18. The second-order valence-electron chi connectivity index (χ2n) is 3.12. The zero-order chi connectivity index (χ0) is 11.2. The summed E-state index contributed by atoms with van der Waals surface area (Å²) in [5, 5.41) is 3.96. The SMILES string of the molecule is COCc1nsc(NCc2ccccn2)n1. The van der Waals surface area contributed by atoms with Crippen molar-refractivity contribution in [3.8, 4) is 0 Å². The summed E-state index contributed by atoms with van der Waals surface area (Å²) in [6, 6.07) is 5.82. The number of rotatable bonds is 5. The Morgan fingerprint density at radius 2 is 2.38 bits per heavy atom. The van der Waals surface area contributed by atoms with Gasteiger partial charge in [0.1, 0.15) is 6.61 Å². The van der Waals surface area contributed by atoms with Gasteiger partial charge in [0.15, 0.2) is 5.82 Å². The van der Waals surface area contributed by atoms with Crippen molar-refractivity contribution in [3.63, 3.8) is 0 Å². The van der Waals surface area contributed by atoms with Crippen molar-refractivity contribution in [2.75, 3.05) is 12.4 Å². The number of ether oxygens (including phenoxy) is 1. The molecule has 84 valence electrons. The van der Waals surface area contributed by atoms with Gasteiger partial charge < -0.3 is 10.1 Å². The Hall–Kier alpha value is -1.53. The molecule has 0 aliphatic rings. The molecule has 16 heavy (non-hydrogen) atoms. The molecule has 0 amide bonds. The van der Waals surface area contributed by atoms with E-state index in [1.165, 1.54) is 11.5 Å². The van der Waals surface area contributed by atoms with Crippen LogP contribution in [0.25, 0.3) is 0 Å². The number of aromatic nitrogens is 3. The number of nitrogens with one attached hydrogen (secondary N) is 1. The molecule has 0 aliphatic carbocycles. The van der Waals surface area contributed by atoms with Crippen LogP contribution in [0.5, 0.6) is 0 Å². The van der Waals surface area contributed by atoms with Crippen molar-refractivity contribution < 1.29 is 4.74 Å². The minimum Gasteiger partial charge on any atom is -0.377 e. The zero-order valence-electron chi connectivity index (χ0n) is 8.88. The zero-order valence-corrected chi connectivity index (χ0v) is 9.70. The Morgan fingerprint density at radius 1 is 1.44 bits per heavy atom. The molecule has 0 atom stereocenters. The Kier molecular flexibility index (Phi) is 3.79. The quantitative estimate of drug-likeness (QED) is 0.856. The Balaban J connectivity index is 1.89. The Bertz CT molecular complexity index is 431. The van der Waals surface area contributed by atoms with E-state index >= 15 is 0 Å². The maximum atomic E-state index is 4.95. The number of hydrogen-bond donors (Lipinski definition) is 1. The molecule has 1 N–H and O–H groups in total. The topological polar surface area (TPSA) is 59.9 Å². The van der Waals surface area contributed by atoms with Gasteiger partial charge in [-0.05, 0) is 12.1 Å². The molecule has 6 heteroatoms. The van der Waals surface area contributed by atoms with Gasteiger partial charge >= 0.3 is 0 Å². The van der Waals surface area contributed by atoms with E-state index in [1.807, 2.05) is 18.2 Å². The Labute approximate surface area is 97.7 Å². The van der Waals surface area contributed by atoms with E-state index in [9.17, 15) is 0 Å². The minimum atomic E-state index is 0.446. The fraction of sp³-hybridized carbons (Fsp3) is 0.300. The number of methoxy groups -OCH3 is 1. The molecule has 0 unspecified atom stereocenters. The highest BCUT2D eigenvalue weighted by Gasteiger charge is 2.02. The highest BCUT2D eigenvalue weighted by Crippen LogP contribution is 2.12. The molecular weight excluding hydrogens is 224 g/mol. The highest BCUT2D eigenvalue weighted by molar-refractivity contribution is 7.09. The van der Waals surface area contributed by atoms with E-state index in [1.54, 1.807) is 13.3 Å². The third-order valence-electron chi connectivity index (χ3n) is 1.89. The van der Waals surface area contributed by atoms with E-state index in [4.69, 9.17) is 4.74 Å². The van der Waals surface area contributed by atoms with Crippen LogP contribution < -0.4 is 5.32 Å². The van der Waals surface area contributed by atoms with Crippen molar-refractivity contribution >= 4 is 16.7 Å². The molecule has 0 spiro atoms. The lowest BCUT2D eigenvalue weighted by Crippen LogP contribution is -2.01. The minimum absolute atomic E-state index is 0.446. The summed E-state index contributed by atoms with van der Waals surface area (Å²) in [7, 11) is 1.63. The van der Waals surface area contributed by atoms with Crippen molar-refractivity contribution in [2.45, 2.75) is 13.2 Å². The molecule has 0 saturated heterocycles. The van der Waals surface area contributed by atoms with Crippen LogP contribution in [0.3, 0.4) is 0 Å². The maximum Gasteiger partial charge on any atom is 0.202 e. The first-order valence-electron chi connectivity index (χ1n) is 4.84. The van der Waals surface area contributed by atoms with E-state index in [0.29, 0.717) is 19.0 Å². The number of hydrogen-bond acceptors (Lipinski definition) is 6. The molecular formula is C10H12N4OS. The average molecular weight is 236 g/mol. The molecule has 0 aliphatic heterocycles. The third-order valence-corrected chi connectivity index (χ3v) is 2.60. The molecule has 2 rings (SSSR count). The second-order valence-corrected chi connectivity index (χ2v) is 3.88. The van der Waals surface area contributed by atoms with Gasteiger partial charge in [-0.25, -0.2) is 4.98 Å². The first kappa shape index (κ1) is 11.0. The van der Waals surface area contributed by atoms with Crippen LogP contribution in [-0.4, -0.2) is 21.5 Å². The van der Waals surface area contributed by atoms with Crippen LogP contribution >= 0.6 is 11.5 Å². The number of pyridine rings is 1. The average Bonchev–Trinajstić information content (AvgIpc) is 2.76. The second kappa shape index (κ2) is 5.53. The molecule has 2 heterocycles. The van der Waals surface area contributed by atoms with Gasteiger partial charge in [-0.2, -0.15) is 4.37 Å². The van der Waals surface area contributed by atoms with Crippen LogP contribution in [0.1, 0.15) is 11.5 Å². The highest BCUT2D eigenvalue weighted by atomic mass is 32.1. The standard InChI is InChI=1S/C10H12N4OS/c1-15-7-9-13-10(16-14-9)12-6-8-4-2-3-5-11-8/h2-5H,6-7H2,1H3,(H,12,13,14). The summed E-state index contributed by atoms with van der Waals surface area (Å²) >= 11 is 1.33. The molecule has 0 saturated carbocycles. The smallest absolute Gasteiger partial charge is 0.202 e.